The number of nitrogens with two attached hydrogens (primary N) is 2. The average Bonchev–Trinajstić information content (AvgIpc) is 1.82. The Morgan fingerprint density at radius 2 is 2.00 bits per heavy atom. The van der Waals surface area contributed by atoms with E-state index in [0.29, 0.717) is 0 Å². The van der Waals surface area contributed by atoms with Gasteiger partial charge < -0.3 is 11.5 Å². The summed E-state index contributed by atoms with van der Waals surface area (Å²) >= 11 is 5.00. The van der Waals surface area contributed by atoms with E-state index in [2.05, 4.69) is 0 Å². The zero-order chi connectivity index (χ0) is 8.15. The molecule has 5 heteroatoms. The molecular weight excluding hydrogens is 156 g/mol. The second-order valence-electron chi connectivity index (χ2n) is 1.92. The summed E-state index contributed by atoms with van der Waals surface area (Å²) in [6.07, 6.45) is 0.317. The Hall–Kier alpha value is -0.610. The fourth-order valence-corrected chi connectivity index (χ4v) is 0.520. The third-order valence-corrected chi connectivity index (χ3v) is 1.27. The van der Waals surface area contributed by atoms with Gasteiger partial charge in [0.05, 0.1) is 6.04 Å². The maximum Gasteiger partial charge on any atom is 0.238 e. The quantitative estimate of drug-likeness (QED) is 0.541. The topological polar surface area (TPSA) is 86.2 Å². The molecule has 0 unspecified atom stereocenters. The van der Waals surface area contributed by atoms with Crippen LogP contribution in [0, 0.1) is 0 Å². The number of amides is 1. The van der Waals surface area contributed by atoms with Crippen LogP contribution in [0.2, 0.25) is 0 Å². The molecular formula is C5H9ClN2O2. The number of carbonyl (C=O) groups is 2. The number of halogens is 1. The van der Waals surface area contributed by atoms with Crippen LogP contribution < -0.4 is 11.5 Å². The molecule has 1 amide bonds. The van der Waals surface area contributed by atoms with Gasteiger partial charge in [0.1, 0.15) is 0 Å². The molecule has 0 aliphatic rings. The van der Waals surface area contributed by atoms with Crippen LogP contribution in [-0.4, -0.2) is 17.2 Å². The van der Waals surface area contributed by atoms with Gasteiger partial charge in [0.15, 0.2) is 0 Å². The van der Waals surface area contributed by atoms with Crippen molar-refractivity contribution in [2.24, 2.45) is 11.5 Å². The Labute approximate surface area is 63.5 Å². The van der Waals surface area contributed by atoms with Gasteiger partial charge in [-0.2, -0.15) is 0 Å². The zero-order valence-corrected chi connectivity index (χ0v) is 6.10. The highest BCUT2D eigenvalue weighted by atomic mass is 35.5. The first-order valence-electron chi connectivity index (χ1n) is 2.77. The van der Waals surface area contributed by atoms with Gasteiger partial charge >= 0.3 is 0 Å². The first-order chi connectivity index (χ1) is 4.54. The lowest BCUT2D eigenvalue weighted by atomic mass is 10.2. The molecule has 0 spiro atoms. The normalized spacial score (nSPS) is 12.6. The Morgan fingerprint density at radius 3 is 2.30 bits per heavy atom. The van der Waals surface area contributed by atoms with Crippen molar-refractivity contribution >= 4 is 22.8 Å². The number of primary amides is 1. The van der Waals surface area contributed by atoms with Crippen molar-refractivity contribution < 1.29 is 9.59 Å². The molecule has 0 aromatic heterocycles. The molecule has 0 aliphatic heterocycles. The van der Waals surface area contributed by atoms with Crippen LogP contribution in [-0.2, 0) is 9.59 Å². The lowest BCUT2D eigenvalue weighted by molar-refractivity contribution is -0.118. The third-order valence-electron chi connectivity index (χ3n) is 0.993. The molecule has 0 saturated carbocycles. The highest BCUT2D eigenvalue weighted by Gasteiger charge is 2.10. The van der Waals surface area contributed by atoms with E-state index in [1.54, 1.807) is 0 Å². The molecule has 0 bridgehead atoms. The van der Waals surface area contributed by atoms with Gasteiger partial charge in [0.25, 0.3) is 0 Å². The van der Waals surface area contributed by atoms with Gasteiger partial charge in [-0.3, -0.25) is 9.59 Å². The molecule has 58 valence electrons. The molecule has 4 nitrogen and oxygen atoms in total. The SMILES string of the molecule is NC(=O)CC[C@@H](N)C(=O)Cl. The maximum atomic E-state index is 10.2. The Balaban J connectivity index is 3.49. The molecule has 0 aliphatic carbocycles. The minimum absolute atomic E-state index is 0.0969. The van der Waals surface area contributed by atoms with Crippen LogP contribution in [0.4, 0.5) is 0 Å². The van der Waals surface area contributed by atoms with Gasteiger partial charge in [0, 0.05) is 6.42 Å². The molecule has 1 atom stereocenters. The van der Waals surface area contributed by atoms with Crippen molar-refractivity contribution in [2.45, 2.75) is 18.9 Å². The Bertz CT molecular complexity index is 149. The van der Waals surface area contributed by atoms with Crippen LogP contribution in [0.1, 0.15) is 12.8 Å². The summed E-state index contributed by atoms with van der Waals surface area (Å²) in [6.45, 7) is 0. The molecule has 0 aromatic carbocycles. The number of hydrogen-bond donors (Lipinski definition) is 2. The van der Waals surface area contributed by atoms with Crippen molar-refractivity contribution in [1.29, 1.82) is 0 Å². The van der Waals surface area contributed by atoms with Crippen molar-refractivity contribution in [3.8, 4) is 0 Å². The molecule has 10 heavy (non-hydrogen) atoms. The van der Waals surface area contributed by atoms with Gasteiger partial charge in [-0.15, -0.1) is 0 Å². The first-order valence-corrected chi connectivity index (χ1v) is 3.15. The van der Waals surface area contributed by atoms with E-state index >= 15 is 0 Å². The van der Waals surface area contributed by atoms with E-state index in [4.69, 9.17) is 23.1 Å². The van der Waals surface area contributed by atoms with Gasteiger partial charge in [-0.25, -0.2) is 0 Å². The van der Waals surface area contributed by atoms with Gasteiger partial charge in [0.2, 0.25) is 11.1 Å². The van der Waals surface area contributed by atoms with E-state index in [-0.39, 0.29) is 12.8 Å². The monoisotopic (exact) mass is 164 g/mol. The summed E-state index contributed by atoms with van der Waals surface area (Å²) in [7, 11) is 0. The first kappa shape index (κ1) is 9.39. The van der Waals surface area contributed by atoms with E-state index < -0.39 is 17.2 Å². The van der Waals surface area contributed by atoms with Crippen LogP contribution >= 0.6 is 11.6 Å². The summed E-state index contributed by atoms with van der Waals surface area (Å²) < 4.78 is 0. The smallest absolute Gasteiger partial charge is 0.238 e. The standard InChI is InChI=1S/C5H9ClN2O2/c6-5(10)3(7)1-2-4(8)9/h3H,1-2,7H2,(H2,8,9)/t3-/m1/s1. The predicted octanol–water partition coefficient (Wildman–Crippen LogP) is -0.655. The third kappa shape index (κ3) is 4.29. The van der Waals surface area contributed by atoms with E-state index in [1.807, 2.05) is 0 Å². The van der Waals surface area contributed by atoms with Crippen LogP contribution in [0.5, 0.6) is 0 Å². The van der Waals surface area contributed by atoms with Crippen LogP contribution in [0.25, 0.3) is 0 Å². The molecule has 0 saturated heterocycles. The van der Waals surface area contributed by atoms with Gasteiger partial charge in [-0.05, 0) is 18.0 Å². The molecule has 0 aromatic rings. The van der Waals surface area contributed by atoms with Crippen molar-refractivity contribution in [3.63, 3.8) is 0 Å². The number of hydrogen-bond acceptors (Lipinski definition) is 3. The molecule has 0 fully saturated rings. The Kier molecular flexibility index (Phi) is 3.99. The van der Waals surface area contributed by atoms with Gasteiger partial charge in [-0.1, -0.05) is 0 Å². The minimum Gasteiger partial charge on any atom is -0.370 e. The largest absolute Gasteiger partial charge is 0.370 e. The lowest BCUT2D eigenvalue weighted by Crippen LogP contribution is -2.28. The van der Waals surface area contributed by atoms with E-state index in [9.17, 15) is 9.59 Å². The van der Waals surface area contributed by atoms with E-state index in [0.717, 1.165) is 0 Å². The highest BCUT2D eigenvalue weighted by molar-refractivity contribution is 6.64. The number of rotatable bonds is 4. The van der Waals surface area contributed by atoms with Crippen LogP contribution in [0.3, 0.4) is 0 Å². The molecule has 0 radical (unpaired) electrons. The predicted molar refractivity (Wildman–Crippen MR) is 37.3 cm³/mol. The summed E-state index contributed by atoms with van der Waals surface area (Å²) in [5.74, 6) is -0.478. The molecule has 0 rings (SSSR count). The summed E-state index contributed by atoms with van der Waals surface area (Å²) in [4.78, 5) is 20.4. The van der Waals surface area contributed by atoms with Crippen molar-refractivity contribution in [1.82, 2.24) is 0 Å². The number of carbonyl (C=O) groups excluding carboxylic acids is 2. The lowest BCUT2D eigenvalue weighted by Gasteiger charge is -2.01. The highest BCUT2D eigenvalue weighted by Crippen LogP contribution is 1.96. The van der Waals surface area contributed by atoms with E-state index in [1.165, 1.54) is 0 Å². The second kappa shape index (κ2) is 4.24. The molecule has 0 heterocycles. The zero-order valence-electron chi connectivity index (χ0n) is 5.34. The summed E-state index contributed by atoms with van der Waals surface area (Å²) in [5, 5.41) is -0.638. The minimum atomic E-state index is -0.769. The summed E-state index contributed by atoms with van der Waals surface area (Å²) in [5.41, 5.74) is 9.97. The maximum absolute atomic E-state index is 10.2. The van der Waals surface area contributed by atoms with Crippen LogP contribution in [0.15, 0.2) is 0 Å². The van der Waals surface area contributed by atoms with Crippen molar-refractivity contribution in [3.05, 3.63) is 0 Å². The fraction of sp³-hybridized carbons (Fsp3) is 0.600. The average molecular weight is 165 g/mol. The van der Waals surface area contributed by atoms with Crippen molar-refractivity contribution in [2.75, 3.05) is 0 Å². The second-order valence-corrected chi connectivity index (χ2v) is 2.29. The fourth-order valence-electron chi connectivity index (χ4n) is 0.411. The Morgan fingerprint density at radius 1 is 1.50 bits per heavy atom. The molecule has 4 N–H and O–H groups in total. The summed E-state index contributed by atoms with van der Waals surface area (Å²) in [6, 6.07) is -0.769.